The van der Waals surface area contributed by atoms with Crippen LogP contribution in [-0.2, 0) is 19.6 Å². The van der Waals surface area contributed by atoms with Gasteiger partial charge in [0.25, 0.3) is 0 Å². The third-order valence-electron chi connectivity index (χ3n) is 10.2. The molecule has 0 aromatic heterocycles. The van der Waals surface area contributed by atoms with Crippen molar-refractivity contribution in [2.75, 3.05) is 66.6 Å². The lowest BCUT2D eigenvalue weighted by Gasteiger charge is -2.57. The highest BCUT2D eigenvalue weighted by atomic mass is 16.7. The summed E-state index contributed by atoms with van der Waals surface area (Å²) in [6, 6.07) is 20.1. The summed E-state index contributed by atoms with van der Waals surface area (Å²) in [5.74, 6) is 4.55. The van der Waals surface area contributed by atoms with Crippen molar-refractivity contribution in [3.05, 3.63) is 60.2 Å². The average Bonchev–Trinajstić information content (AvgIpc) is 3.00. The second-order valence-electron chi connectivity index (χ2n) is 13.1. The van der Waals surface area contributed by atoms with Crippen molar-refractivity contribution in [3.63, 3.8) is 0 Å². The van der Waals surface area contributed by atoms with E-state index >= 15 is 0 Å². The molecule has 0 amide bonds. The molecule has 4 bridgehead atoms. The maximum absolute atomic E-state index is 6.38. The Morgan fingerprint density at radius 3 is 2.19 bits per heavy atom. The highest BCUT2D eigenvalue weighted by molar-refractivity contribution is 5.89. The molecule has 6 heteroatoms. The first kappa shape index (κ1) is 28.1. The molecule has 4 aliphatic carbocycles. The predicted molar refractivity (Wildman–Crippen MR) is 165 cm³/mol. The van der Waals surface area contributed by atoms with E-state index in [0.717, 1.165) is 62.1 Å². The van der Waals surface area contributed by atoms with Gasteiger partial charge in [-0.3, -0.25) is 4.90 Å². The van der Waals surface area contributed by atoms with Crippen LogP contribution in [0.3, 0.4) is 0 Å². The molecule has 5 aliphatic rings. The number of ether oxygens (including phenoxy) is 5. The summed E-state index contributed by atoms with van der Waals surface area (Å²) in [7, 11) is 1.70. The molecular formula is C36H45NO5. The van der Waals surface area contributed by atoms with E-state index in [4.69, 9.17) is 23.7 Å². The summed E-state index contributed by atoms with van der Waals surface area (Å²) in [5, 5.41) is 2.50. The molecule has 0 radical (unpaired) electrons. The first-order valence-corrected chi connectivity index (χ1v) is 16.0. The zero-order valence-corrected chi connectivity index (χ0v) is 25.0. The van der Waals surface area contributed by atoms with Gasteiger partial charge in [0.05, 0.1) is 26.4 Å². The topological polar surface area (TPSA) is 49.4 Å². The summed E-state index contributed by atoms with van der Waals surface area (Å²) < 4.78 is 28.8. The van der Waals surface area contributed by atoms with Crippen LogP contribution in [0.25, 0.3) is 21.9 Å². The Labute approximate surface area is 250 Å². The molecule has 5 fully saturated rings. The van der Waals surface area contributed by atoms with E-state index in [1.165, 1.54) is 66.0 Å². The molecule has 3 aromatic rings. The summed E-state index contributed by atoms with van der Waals surface area (Å²) in [6.45, 7) is 6.63. The van der Waals surface area contributed by atoms with Crippen molar-refractivity contribution >= 4 is 10.8 Å². The fourth-order valence-electron chi connectivity index (χ4n) is 8.60. The van der Waals surface area contributed by atoms with E-state index < -0.39 is 0 Å². The molecule has 1 saturated heterocycles. The number of methoxy groups -OCH3 is 1. The Kier molecular flexibility index (Phi) is 8.40. The van der Waals surface area contributed by atoms with Crippen LogP contribution in [-0.4, -0.2) is 71.5 Å². The Balaban J connectivity index is 1.12. The Morgan fingerprint density at radius 1 is 0.762 bits per heavy atom. The van der Waals surface area contributed by atoms with E-state index in [2.05, 4.69) is 59.5 Å². The van der Waals surface area contributed by atoms with Gasteiger partial charge in [-0.25, -0.2) is 0 Å². The van der Waals surface area contributed by atoms with Crippen LogP contribution < -0.4 is 9.47 Å². The smallest absolute Gasteiger partial charge is 0.189 e. The first-order valence-electron chi connectivity index (χ1n) is 16.0. The lowest BCUT2D eigenvalue weighted by atomic mass is 9.48. The summed E-state index contributed by atoms with van der Waals surface area (Å²) in [5.41, 5.74) is 4.09. The maximum Gasteiger partial charge on any atom is 0.189 e. The maximum atomic E-state index is 6.38. The van der Waals surface area contributed by atoms with Crippen LogP contribution in [0.15, 0.2) is 54.6 Å². The van der Waals surface area contributed by atoms with Crippen molar-refractivity contribution in [3.8, 4) is 22.6 Å². The minimum Gasteiger partial charge on any atom is -0.492 e. The molecule has 0 spiro atoms. The zero-order chi connectivity index (χ0) is 28.4. The van der Waals surface area contributed by atoms with Gasteiger partial charge in [0, 0.05) is 32.3 Å². The Bertz CT molecular complexity index is 1310. The van der Waals surface area contributed by atoms with Gasteiger partial charge in [0.15, 0.2) is 6.79 Å². The molecule has 6 nitrogen and oxygen atoms in total. The minimum absolute atomic E-state index is 0.237. The van der Waals surface area contributed by atoms with E-state index in [9.17, 15) is 0 Å². The lowest BCUT2D eigenvalue weighted by molar-refractivity contribution is -0.0188. The van der Waals surface area contributed by atoms with Crippen LogP contribution in [0.1, 0.15) is 44.1 Å². The number of benzene rings is 3. The van der Waals surface area contributed by atoms with Crippen molar-refractivity contribution in [1.82, 2.24) is 4.90 Å². The summed E-state index contributed by atoms with van der Waals surface area (Å²) >= 11 is 0. The van der Waals surface area contributed by atoms with Gasteiger partial charge >= 0.3 is 0 Å². The van der Waals surface area contributed by atoms with Gasteiger partial charge in [-0.1, -0.05) is 24.3 Å². The Morgan fingerprint density at radius 2 is 1.48 bits per heavy atom. The predicted octanol–water partition coefficient (Wildman–Crippen LogP) is 6.68. The van der Waals surface area contributed by atoms with E-state index in [-0.39, 0.29) is 12.2 Å². The molecule has 1 aliphatic heterocycles. The number of nitrogens with zero attached hydrogens (tertiary/aromatic N) is 1. The molecule has 0 unspecified atom stereocenters. The molecule has 0 atom stereocenters. The molecule has 1 heterocycles. The SMILES string of the molecule is COCCOCOc1cc2ccc(-c3ccc(OCCN4CCOCC4)cc3)cc2cc1C12CC3CC(CC(C3)C1)C2. The second kappa shape index (κ2) is 12.5. The van der Waals surface area contributed by atoms with Crippen molar-refractivity contribution in [2.24, 2.45) is 17.8 Å². The third-order valence-corrected chi connectivity index (χ3v) is 10.2. The van der Waals surface area contributed by atoms with Crippen molar-refractivity contribution < 1.29 is 23.7 Å². The number of hydrogen-bond donors (Lipinski definition) is 0. The van der Waals surface area contributed by atoms with Crippen LogP contribution in [0.2, 0.25) is 0 Å². The molecule has 224 valence electrons. The number of morpholine rings is 1. The van der Waals surface area contributed by atoms with Gasteiger partial charge in [-0.05, 0) is 114 Å². The Hall–Kier alpha value is -2.64. The highest BCUT2D eigenvalue weighted by Gasteiger charge is 2.52. The molecular weight excluding hydrogens is 526 g/mol. The van der Waals surface area contributed by atoms with E-state index in [1.807, 2.05) is 0 Å². The molecule has 3 aromatic carbocycles. The van der Waals surface area contributed by atoms with Crippen LogP contribution in [0.4, 0.5) is 0 Å². The number of rotatable bonds is 12. The fourth-order valence-corrected chi connectivity index (χ4v) is 8.60. The average molecular weight is 572 g/mol. The first-order chi connectivity index (χ1) is 20.7. The van der Waals surface area contributed by atoms with Crippen LogP contribution in [0.5, 0.6) is 11.5 Å². The number of hydrogen-bond acceptors (Lipinski definition) is 6. The van der Waals surface area contributed by atoms with Crippen molar-refractivity contribution in [1.29, 1.82) is 0 Å². The highest BCUT2D eigenvalue weighted by Crippen LogP contribution is 2.62. The monoisotopic (exact) mass is 571 g/mol. The van der Waals surface area contributed by atoms with Crippen molar-refractivity contribution in [2.45, 2.75) is 43.9 Å². The second-order valence-corrected chi connectivity index (χ2v) is 13.1. The standard InChI is InChI=1S/C36H45NO5/c1-38-14-15-40-25-42-35-21-31-3-2-30(29-4-6-33(7-5-29)41-13-10-37-8-11-39-12-9-37)19-32(31)20-34(35)36-22-26-16-27(23-36)18-28(17-26)24-36/h2-7,19-21,26-28H,8-18,22-25H2,1H3. The van der Waals surface area contributed by atoms with Gasteiger partial charge in [-0.15, -0.1) is 0 Å². The van der Waals surface area contributed by atoms with Crippen LogP contribution in [0, 0.1) is 17.8 Å². The largest absolute Gasteiger partial charge is 0.492 e. The van der Waals surface area contributed by atoms with Gasteiger partial charge < -0.3 is 23.7 Å². The molecule has 4 saturated carbocycles. The zero-order valence-electron chi connectivity index (χ0n) is 25.0. The fraction of sp³-hybridized carbons (Fsp3) is 0.556. The molecule has 0 N–H and O–H groups in total. The van der Waals surface area contributed by atoms with Gasteiger partial charge in [0.1, 0.15) is 18.1 Å². The lowest BCUT2D eigenvalue weighted by Crippen LogP contribution is -2.48. The van der Waals surface area contributed by atoms with E-state index in [1.54, 1.807) is 7.11 Å². The quantitative estimate of drug-likeness (QED) is 0.178. The van der Waals surface area contributed by atoms with Gasteiger partial charge in [-0.2, -0.15) is 0 Å². The third kappa shape index (κ3) is 6.05. The number of fused-ring (bicyclic) bond motifs is 1. The van der Waals surface area contributed by atoms with Gasteiger partial charge in [0.2, 0.25) is 0 Å². The summed E-state index contributed by atoms with van der Waals surface area (Å²) in [4.78, 5) is 2.40. The van der Waals surface area contributed by atoms with E-state index in [0.29, 0.717) is 19.8 Å². The molecule has 42 heavy (non-hydrogen) atoms. The minimum atomic E-state index is 0.237. The normalized spacial score (nSPS) is 27.0. The summed E-state index contributed by atoms with van der Waals surface area (Å²) in [6.07, 6.45) is 8.20. The van der Waals surface area contributed by atoms with Crippen LogP contribution >= 0.6 is 0 Å². The molecule has 8 rings (SSSR count).